The molecule has 0 atom stereocenters. The predicted octanol–water partition coefficient (Wildman–Crippen LogP) is 2.92. The second-order valence-corrected chi connectivity index (χ2v) is 7.68. The van der Waals surface area contributed by atoms with Crippen molar-refractivity contribution in [3.05, 3.63) is 22.8 Å². The van der Waals surface area contributed by atoms with E-state index >= 15 is 0 Å². The van der Waals surface area contributed by atoms with E-state index in [1.165, 1.54) is 11.1 Å². The Morgan fingerprint density at radius 3 is 1.67 bits per heavy atom. The quantitative estimate of drug-likeness (QED) is 0.488. The molecule has 0 nitrogen and oxygen atoms in total. The van der Waals surface area contributed by atoms with Crippen molar-refractivity contribution in [3.8, 4) is 0 Å². The van der Waals surface area contributed by atoms with Crippen molar-refractivity contribution in [1.82, 2.24) is 0 Å². The van der Waals surface area contributed by atoms with E-state index in [0.29, 0.717) is 0 Å². The van der Waals surface area contributed by atoms with Gasteiger partial charge in [0.25, 0.3) is 0 Å². The Morgan fingerprint density at radius 2 is 1.56 bits per heavy atom. The molecule has 1 aliphatic rings. The van der Waals surface area contributed by atoms with Crippen LogP contribution in [0.15, 0.2) is 22.8 Å². The molecule has 0 radical (unpaired) electrons. The van der Waals surface area contributed by atoms with Crippen LogP contribution < -0.4 is 0 Å². The first-order valence-corrected chi connectivity index (χ1v) is 6.36. The lowest BCUT2D eigenvalue weighted by atomic mass is 10.2. The molecule has 0 fully saturated rings. The number of rotatable bonds is 0. The fourth-order valence-corrected chi connectivity index (χ4v) is 3.98. The van der Waals surface area contributed by atoms with Gasteiger partial charge >= 0.3 is 0 Å². The van der Waals surface area contributed by atoms with Gasteiger partial charge in [-0.2, -0.15) is 0 Å². The van der Waals surface area contributed by atoms with Gasteiger partial charge in [-0.15, -0.1) is 0 Å². The molecule has 1 heterocycles. The number of allylic oxidation sites excluding steroid dienone is 2. The Labute approximate surface area is 61.7 Å². The van der Waals surface area contributed by atoms with Crippen molar-refractivity contribution in [1.29, 1.82) is 0 Å². The third-order valence-corrected chi connectivity index (χ3v) is 3.95. The van der Waals surface area contributed by atoms with Crippen molar-refractivity contribution >= 4 is 17.8 Å². The fourth-order valence-electron chi connectivity index (χ4n) is 1.01. The van der Waals surface area contributed by atoms with Crippen molar-refractivity contribution in [2.24, 2.45) is 0 Å². The van der Waals surface area contributed by atoms with Crippen LogP contribution in [0.2, 0.25) is 0 Å². The molecule has 0 aromatic heterocycles. The predicted molar refractivity (Wildman–Crippen MR) is 47.7 cm³/mol. The van der Waals surface area contributed by atoms with Gasteiger partial charge in [-0.05, 0) is 49.3 Å². The molecule has 0 unspecified atom stereocenters. The van der Waals surface area contributed by atoms with E-state index in [1.54, 1.807) is 0 Å². The Kier molecular flexibility index (Phi) is 1.67. The standard InChI is InChI=1S/C7H11PS/c1-6-4-8(3,9)5-7(6)2/h4-5H,1-3H3. The first kappa shape index (κ1) is 7.24. The number of hydrogen-bond acceptors (Lipinski definition) is 1. The molecule has 0 aromatic rings. The third kappa shape index (κ3) is 1.53. The van der Waals surface area contributed by atoms with Gasteiger partial charge in [0, 0.05) is 0 Å². The molecule has 0 bridgehead atoms. The van der Waals surface area contributed by atoms with Crippen LogP contribution in [-0.2, 0) is 11.8 Å². The highest BCUT2D eigenvalue weighted by molar-refractivity contribution is 8.17. The molecule has 0 saturated carbocycles. The maximum atomic E-state index is 5.32. The molecular formula is C7H11PS. The highest BCUT2D eigenvalue weighted by Gasteiger charge is 2.11. The second-order valence-electron chi connectivity index (χ2n) is 2.68. The fraction of sp³-hybridized carbons (Fsp3) is 0.429. The van der Waals surface area contributed by atoms with E-state index in [-0.39, 0.29) is 0 Å². The summed E-state index contributed by atoms with van der Waals surface area (Å²) >= 11 is 5.32. The van der Waals surface area contributed by atoms with Crippen LogP contribution in [0.5, 0.6) is 0 Å². The summed E-state index contributed by atoms with van der Waals surface area (Å²) in [7, 11) is 0. The minimum Gasteiger partial charge on any atom is -0.0891 e. The van der Waals surface area contributed by atoms with Crippen molar-refractivity contribution in [3.63, 3.8) is 0 Å². The Balaban J connectivity index is 3.11. The molecule has 1 rings (SSSR count). The Hall–Kier alpha value is 0.130. The molecule has 0 aliphatic carbocycles. The summed E-state index contributed by atoms with van der Waals surface area (Å²) in [6.07, 6.45) is 0. The summed E-state index contributed by atoms with van der Waals surface area (Å²) in [5.41, 5.74) is 2.75. The van der Waals surface area contributed by atoms with E-state index < -0.39 is 6.04 Å². The average Bonchev–Trinajstić information content (AvgIpc) is 1.79. The first-order chi connectivity index (χ1) is 4.01. The summed E-state index contributed by atoms with van der Waals surface area (Å²) in [6.45, 7) is 6.41. The highest BCUT2D eigenvalue weighted by Crippen LogP contribution is 2.52. The normalized spacial score (nSPS) is 23.4. The lowest BCUT2D eigenvalue weighted by Gasteiger charge is -1.96. The monoisotopic (exact) mass is 158 g/mol. The van der Waals surface area contributed by atoms with Crippen LogP contribution in [0.25, 0.3) is 0 Å². The maximum absolute atomic E-state index is 5.32. The van der Waals surface area contributed by atoms with Crippen molar-refractivity contribution < 1.29 is 0 Å². The Bertz CT molecular complexity index is 213. The van der Waals surface area contributed by atoms with Crippen molar-refractivity contribution in [2.45, 2.75) is 13.8 Å². The molecule has 9 heavy (non-hydrogen) atoms. The minimum absolute atomic E-state index is 1.15. The molecular weight excluding hydrogens is 147 g/mol. The molecule has 0 N–H and O–H groups in total. The van der Waals surface area contributed by atoms with Crippen LogP contribution in [0.1, 0.15) is 13.8 Å². The Morgan fingerprint density at radius 1 is 1.22 bits per heavy atom. The SMILES string of the molecule is CC1=CP(C)(=S)C=C1C. The highest BCUT2D eigenvalue weighted by atomic mass is 32.4. The molecule has 0 aromatic carbocycles. The van der Waals surface area contributed by atoms with Crippen LogP contribution >= 0.6 is 6.04 Å². The van der Waals surface area contributed by atoms with Crippen LogP contribution in [0.4, 0.5) is 0 Å². The van der Waals surface area contributed by atoms with Gasteiger partial charge in [-0.3, -0.25) is 0 Å². The van der Waals surface area contributed by atoms with Crippen LogP contribution in [0.3, 0.4) is 0 Å². The zero-order chi connectivity index (χ0) is 7.07. The smallest absolute Gasteiger partial charge is 0.00565 e. The van der Waals surface area contributed by atoms with E-state index in [2.05, 4.69) is 32.1 Å². The molecule has 50 valence electrons. The summed E-state index contributed by atoms with van der Waals surface area (Å²) in [5.74, 6) is 4.47. The van der Waals surface area contributed by atoms with Gasteiger partial charge in [-0.1, -0.05) is 11.8 Å². The zero-order valence-electron chi connectivity index (χ0n) is 6.01. The van der Waals surface area contributed by atoms with E-state index in [9.17, 15) is 0 Å². The van der Waals surface area contributed by atoms with Gasteiger partial charge in [0.05, 0.1) is 0 Å². The van der Waals surface area contributed by atoms with Gasteiger partial charge < -0.3 is 0 Å². The van der Waals surface area contributed by atoms with E-state index in [1.807, 2.05) is 0 Å². The average molecular weight is 158 g/mol. The molecule has 0 saturated heterocycles. The summed E-state index contributed by atoms with van der Waals surface area (Å²) in [6, 6.07) is -1.15. The molecule has 0 spiro atoms. The van der Waals surface area contributed by atoms with Crippen molar-refractivity contribution in [2.75, 3.05) is 6.66 Å². The van der Waals surface area contributed by atoms with E-state index in [4.69, 9.17) is 11.8 Å². The molecule has 2 heteroatoms. The molecule has 0 amide bonds. The number of hydrogen-bond donors (Lipinski definition) is 0. The minimum atomic E-state index is -1.15. The largest absolute Gasteiger partial charge is 0.0891 e. The zero-order valence-corrected chi connectivity index (χ0v) is 7.72. The summed E-state index contributed by atoms with van der Waals surface area (Å²) < 4.78 is 0. The van der Waals surface area contributed by atoms with Crippen LogP contribution in [-0.4, -0.2) is 6.66 Å². The first-order valence-electron chi connectivity index (χ1n) is 2.97. The maximum Gasteiger partial charge on any atom is -0.00565 e. The molecule has 1 aliphatic heterocycles. The topological polar surface area (TPSA) is 0 Å². The van der Waals surface area contributed by atoms with Gasteiger partial charge in [0.2, 0.25) is 0 Å². The van der Waals surface area contributed by atoms with Gasteiger partial charge in [0.1, 0.15) is 0 Å². The lowest BCUT2D eigenvalue weighted by molar-refractivity contribution is 1.39. The lowest BCUT2D eigenvalue weighted by Crippen LogP contribution is -1.67. The van der Waals surface area contributed by atoms with Gasteiger partial charge in [-0.25, -0.2) is 0 Å². The second kappa shape index (κ2) is 2.07. The third-order valence-electron chi connectivity index (χ3n) is 1.52. The summed E-state index contributed by atoms with van der Waals surface area (Å²) in [5, 5.41) is 0. The summed E-state index contributed by atoms with van der Waals surface area (Å²) in [4.78, 5) is 0. The van der Waals surface area contributed by atoms with E-state index in [0.717, 1.165) is 0 Å². The van der Waals surface area contributed by atoms with Gasteiger partial charge in [0.15, 0.2) is 0 Å². The van der Waals surface area contributed by atoms with Crippen LogP contribution in [0, 0.1) is 0 Å².